The lowest BCUT2D eigenvalue weighted by Gasteiger charge is -2.25. The van der Waals surface area contributed by atoms with Crippen LogP contribution in [0.1, 0.15) is 32.1 Å². The Bertz CT molecular complexity index is 539. The fraction of sp³-hybridized carbons (Fsp3) is 0.938. The monoisotopic (exact) mass is 343 g/mol. The van der Waals surface area contributed by atoms with Crippen LogP contribution in [0.4, 0.5) is 0 Å². The molecule has 0 aromatic heterocycles. The lowest BCUT2D eigenvalue weighted by Crippen LogP contribution is -2.44. The van der Waals surface area contributed by atoms with Crippen LogP contribution in [0.25, 0.3) is 0 Å². The first-order valence-corrected chi connectivity index (χ1v) is 10.6. The van der Waals surface area contributed by atoms with Crippen LogP contribution in [-0.4, -0.2) is 81.4 Å². The third kappa shape index (κ3) is 4.67. The maximum absolute atomic E-state index is 12.2. The second-order valence-electron chi connectivity index (χ2n) is 7.73. The Kier molecular flexibility index (Phi) is 4.99. The second-order valence-corrected chi connectivity index (χ2v) is 9.96. The van der Waals surface area contributed by atoms with E-state index < -0.39 is 9.84 Å². The number of rotatable bonds is 7. The van der Waals surface area contributed by atoms with Gasteiger partial charge in [-0.05, 0) is 52.2 Å². The minimum atomic E-state index is -2.89. The Labute approximate surface area is 139 Å². The summed E-state index contributed by atoms with van der Waals surface area (Å²) in [7, 11) is -1.04. The number of carbonyl (C=O) groups excluding carboxylic acids is 1. The molecule has 1 aliphatic carbocycles. The van der Waals surface area contributed by atoms with Gasteiger partial charge in [0.2, 0.25) is 5.91 Å². The van der Waals surface area contributed by atoms with Crippen molar-refractivity contribution in [3.8, 4) is 0 Å². The summed E-state index contributed by atoms with van der Waals surface area (Å²) in [4.78, 5) is 16.6. The molecule has 1 N–H and O–H groups in total. The van der Waals surface area contributed by atoms with E-state index in [-0.39, 0.29) is 23.5 Å². The highest BCUT2D eigenvalue weighted by atomic mass is 32.2. The largest absolute Gasteiger partial charge is 0.354 e. The fourth-order valence-corrected chi connectivity index (χ4v) is 5.61. The van der Waals surface area contributed by atoms with Gasteiger partial charge in [-0.3, -0.25) is 9.69 Å². The van der Waals surface area contributed by atoms with Gasteiger partial charge in [-0.1, -0.05) is 0 Å². The van der Waals surface area contributed by atoms with E-state index >= 15 is 0 Å². The smallest absolute Gasteiger partial charge is 0.234 e. The lowest BCUT2D eigenvalue weighted by atomic mass is 10.1. The summed E-state index contributed by atoms with van der Waals surface area (Å²) < 4.78 is 23.1. The highest BCUT2D eigenvalue weighted by Gasteiger charge is 2.44. The van der Waals surface area contributed by atoms with Gasteiger partial charge in [0.15, 0.2) is 9.84 Å². The molecule has 3 rings (SSSR count). The van der Waals surface area contributed by atoms with E-state index in [1.165, 1.54) is 38.8 Å². The SMILES string of the molecule is CN(CC(=O)NCC1(CN2CCCC2)CC1)[C@H]1CCS(=O)(=O)C1. The van der Waals surface area contributed by atoms with Crippen molar-refractivity contribution in [3.05, 3.63) is 0 Å². The summed E-state index contributed by atoms with van der Waals surface area (Å²) in [5, 5.41) is 3.08. The number of likely N-dealkylation sites (N-methyl/N-ethyl adjacent to an activating group) is 1. The molecule has 23 heavy (non-hydrogen) atoms. The van der Waals surface area contributed by atoms with Crippen molar-refractivity contribution in [2.75, 3.05) is 51.3 Å². The Morgan fingerprint density at radius 2 is 2.00 bits per heavy atom. The van der Waals surface area contributed by atoms with Gasteiger partial charge in [0.1, 0.15) is 0 Å². The maximum Gasteiger partial charge on any atom is 0.234 e. The van der Waals surface area contributed by atoms with Crippen molar-refractivity contribution in [2.45, 2.75) is 38.1 Å². The van der Waals surface area contributed by atoms with Crippen LogP contribution >= 0.6 is 0 Å². The summed E-state index contributed by atoms with van der Waals surface area (Å²) in [5.41, 5.74) is 0.301. The van der Waals surface area contributed by atoms with E-state index in [0.29, 0.717) is 18.4 Å². The molecular weight excluding hydrogens is 314 g/mol. The van der Waals surface area contributed by atoms with Gasteiger partial charge >= 0.3 is 0 Å². The van der Waals surface area contributed by atoms with Gasteiger partial charge < -0.3 is 10.2 Å². The van der Waals surface area contributed by atoms with Gasteiger partial charge in [0.25, 0.3) is 0 Å². The number of hydrogen-bond acceptors (Lipinski definition) is 5. The number of nitrogens with one attached hydrogen (secondary N) is 1. The van der Waals surface area contributed by atoms with Gasteiger partial charge in [-0.25, -0.2) is 8.42 Å². The van der Waals surface area contributed by atoms with Crippen molar-refractivity contribution >= 4 is 15.7 Å². The zero-order chi connectivity index (χ0) is 16.5. The summed E-state index contributed by atoms with van der Waals surface area (Å²) in [6.07, 6.45) is 5.67. The molecular formula is C16H29N3O3S. The van der Waals surface area contributed by atoms with Gasteiger partial charge in [0.05, 0.1) is 18.1 Å². The van der Waals surface area contributed by atoms with E-state index in [9.17, 15) is 13.2 Å². The Morgan fingerprint density at radius 1 is 1.30 bits per heavy atom. The number of likely N-dealkylation sites (tertiary alicyclic amines) is 1. The van der Waals surface area contributed by atoms with Crippen molar-refractivity contribution in [1.29, 1.82) is 0 Å². The van der Waals surface area contributed by atoms with Crippen molar-refractivity contribution in [1.82, 2.24) is 15.1 Å². The third-order valence-electron chi connectivity index (χ3n) is 5.60. The summed E-state index contributed by atoms with van der Waals surface area (Å²) in [6.45, 7) is 4.58. The number of nitrogens with zero attached hydrogens (tertiary/aromatic N) is 2. The van der Waals surface area contributed by atoms with Crippen LogP contribution in [0.3, 0.4) is 0 Å². The molecule has 1 amide bonds. The van der Waals surface area contributed by atoms with E-state index in [0.717, 1.165) is 13.1 Å². The van der Waals surface area contributed by atoms with Gasteiger partial charge in [0, 0.05) is 24.5 Å². The van der Waals surface area contributed by atoms with Gasteiger partial charge in [-0.2, -0.15) is 0 Å². The average molecular weight is 343 g/mol. The first kappa shape index (κ1) is 17.2. The van der Waals surface area contributed by atoms with Crippen molar-refractivity contribution in [3.63, 3.8) is 0 Å². The zero-order valence-electron chi connectivity index (χ0n) is 14.1. The second kappa shape index (κ2) is 6.69. The van der Waals surface area contributed by atoms with Crippen LogP contribution in [0, 0.1) is 5.41 Å². The topological polar surface area (TPSA) is 69.7 Å². The number of carbonyl (C=O) groups is 1. The number of hydrogen-bond donors (Lipinski definition) is 1. The molecule has 3 aliphatic rings. The minimum Gasteiger partial charge on any atom is -0.354 e. The number of sulfone groups is 1. The molecule has 0 aromatic carbocycles. The highest BCUT2D eigenvalue weighted by molar-refractivity contribution is 7.91. The quantitative estimate of drug-likeness (QED) is 0.710. The van der Waals surface area contributed by atoms with Crippen LogP contribution in [-0.2, 0) is 14.6 Å². The lowest BCUT2D eigenvalue weighted by molar-refractivity contribution is -0.122. The molecule has 0 spiro atoms. The molecule has 2 heterocycles. The molecule has 2 saturated heterocycles. The molecule has 3 fully saturated rings. The van der Waals surface area contributed by atoms with Crippen molar-refractivity contribution < 1.29 is 13.2 Å². The first-order chi connectivity index (χ1) is 10.9. The first-order valence-electron chi connectivity index (χ1n) is 8.77. The molecule has 0 aromatic rings. The molecule has 0 radical (unpaired) electrons. The molecule has 132 valence electrons. The summed E-state index contributed by atoms with van der Waals surface area (Å²) >= 11 is 0. The zero-order valence-corrected chi connectivity index (χ0v) is 14.9. The summed E-state index contributed by atoms with van der Waals surface area (Å²) in [6, 6.07) is -0.00904. The Balaban J connectivity index is 1.39. The van der Waals surface area contributed by atoms with Crippen molar-refractivity contribution in [2.24, 2.45) is 5.41 Å². The van der Waals surface area contributed by atoms with E-state index in [1.807, 2.05) is 11.9 Å². The van der Waals surface area contributed by atoms with Crippen LogP contribution in [0.15, 0.2) is 0 Å². The highest BCUT2D eigenvalue weighted by Crippen LogP contribution is 2.46. The summed E-state index contributed by atoms with van der Waals surface area (Å²) in [5.74, 6) is 0.461. The fourth-order valence-electron chi connectivity index (χ4n) is 3.80. The van der Waals surface area contributed by atoms with E-state index in [4.69, 9.17) is 0 Å². The number of amides is 1. The van der Waals surface area contributed by atoms with Crippen LogP contribution in [0.2, 0.25) is 0 Å². The maximum atomic E-state index is 12.2. The molecule has 2 aliphatic heterocycles. The molecule has 0 unspecified atom stereocenters. The molecule has 0 bridgehead atoms. The molecule has 1 saturated carbocycles. The van der Waals surface area contributed by atoms with Crippen LogP contribution in [0.5, 0.6) is 0 Å². The van der Waals surface area contributed by atoms with E-state index in [1.54, 1.807) is 0 Å². The van der Waals surface area contributed by atoms with E-state index in [2.05, 4.69) is 10.2 Å². The van der Waals surface area contributed by atoms with Crippen LogP contribution < -0.4 is 5.32 Å². The predicted molar refractivity (Wildman–Crippen MR) is 90.0 cm³/mol. The molecule has 6 nitrogen and oxygen atoms in total. The normalized spacial score (nSPS) is 29.0. The molecule has 7 heteroatoms. The standard InChI is InChI=1S/C16H29N3O3S/c1-18(14-4-9-23(21,22)11-14)10-15(20)17-12-16(5-6-16)13-19-7-2-3-8-19/h14H,2-13H2,1H3,(H,17,20)/t14-/m0/s1. The Morgan fingerprint density at radius 3 is 2.57 bits per heavy atom. The Hall–Kier alpha value is -0.660. The average Bonchev–Trinajstić information content (AvgIpc) is 2.88. The minimum absolute atomic E-state index is 0.00904. The van der Waals surface area contributed by atoms with Gasteiger partial charge in [-0.15, -0.1) is 0 Å². The predicted octanol–water partition coefficient (Wildman–Crippen LogP) is 0.0975. The molecule has 1 atom stereocenters. The third-order valence-corrected chi connectivity index (χ3v) is 7.35.